The Labute approximate surface area is 249 Å². The molecule has 42 heavy (non-hydrogen) atoms. The minimum Gasteiger partial charge on any atom is -0.507 e. The molecule has 0 saturated heterocycles. The van der Waals surface area contributed by atoms with Gasteiger partial charge in [0.25, 0.3) is 0 Å². The third-order valence-corrected chi connectivity index (χ3v) is 8.12. The first-order valence-electron chi connectivity index (χ1n) is 14.6. The highest BCUT2D eigenvalue weighted by molar-refractivity contribution is 6.29. The van der Waals surface area contributed by atoms with Gasteiger partial charge in [0.2, 0.25) is 0 Å². The van der Waals surface area contributed by atoms with Crippen molar-refractivity contribution in [2.75, 3.05) is 0 Å². The number of fused-ring (bicyclic) bond motifs is 2. The Bertz CT molecular complexity index is 1690. The van der Waals surface area contributed by atoms with Crippen molar-refractivity contribution >= 4 is 22.5 Å². The average Bonchev–Trinajstić information content (AvgIpc) is 3.15. The maximum Gasteiger partial charge on any atom is 0.180 e. The molecular formula is C37H41NO4. The molecule has 1 aliphatic rings. The molecule has 1 aromatic heterocycles. The van der Waals surface area contributed by atoms with Crippen molar-refractivity contribution in [3.63, 3.8) is 0 Å². The molecule has 0 radical (unpaired) electrons. The van der Waals surface area contributed by atoms with Gasteiger partial charge < -0.3 is 9.84 Å². The number of nitrogens with zero attached hydrogens (tertiary/aromatic N) is 1. The molecule has 0 amide bonds. The molecule has 1 atom stereocenters. The highest BCUT2D eigenvalue weighted by Gasteiger charge is 2.41. The Morgan fingerprint density at radius 2 is 1.36 bits per heavy atom. The monoisotopic (exact) mass is 563 g/mol. The molecule has 0 fully saturated rings. The fraction of sp³-hybridized carbons (Fsp3) is 0.378. The lowest BCUT2D eigenvalue weighted by molar-refractivity contribution is 0.0888. The van der Waals surface area contributed by atoms with Gasteiger partial charge in [-0.2, -0.15) is 0 Å². The zero-order chi connectivity index (χ0) is 30.8. The number of phenolic OH excluding ortho intramolecular Hbond substituents is 1. The Morgan fingerprint density at radius 1 is 0.738 bits per heavy atom. The van der Waals surface area contributed by atoms with Crippen LogP contribution in [0.1, 0.15) is 117 Å². The number of aromatic hydroxyl groups is 1. The van der Waals surface area contributed by atoms with Crippen LogP contribution in [-0.4, -0.2) is 21.7 Å². The molecule has 3 aromatic carbocycles. The summed E-state index contributed by atoms with van der Waals surface area (Å²) >= 11 is 0. The zero-order valence-corrected chi connectivity index (χ0v) is 26.2. The van der Waals surface area contributed by atoms with Gasteiger partial charge in [-0.15, -0.1) is 0 Å². The van der Waals surface area contributed by atoms with E-state index in [-0.39, 0.29) is 34.4 Å². The highest BCUT2D eigenvalue weighted by Crippen LogP contribution is 2.41. The van der Waals surface area contributed by atoms with Gasteiger partial charge in [-0.25, -0.2) is 4.98 Å². The summed E-state index contributed by atoms with van der Waals surface area (Å²) in [4.78, 5) is 31.8. The lowest BCUT2D eigenvalue weighted by Gasteiger charge is -2.28. The normalized spacial score (nSPS) is 15.8. The first-order chi connectivity index (χ1) is 19.5. The van der Waals surface area contributed by atoms with Gasteiger partial charge in [0.1, 0.15) is 29.5 Å². The van der Waals surface area contributed by atoms with Crippen LogP contribution in [-0.2, 0) is 22.9 Å². The average molecular weight is 564 g/mol. The van der Waals surface area contributed by atoms with Crippen LogP contribution < -0.4 is 4.74 Å². The van der Waals surface area contributed by atoms with E-state index < -0.39 is 5.92 Å². The molecule has 5 rings (SSSR count). The Balaban J connectivity index is 1.50. The number of Topliss-reactive ketones (excluding diaryl/α,β-unsaturated/α-hetero) is 2. The van der Waals surface area contributed by atoms with Crippen LogP contribution in [0.5, 0.6) is 11.5 Å². The maximum atomic E-state index is 13.6. The number of aromatic nitrogens is 1. The van der Waals surface area contributed by atoms with Crippen LogP contribution in [0.25, 0.3) is 10.9 Å². The molecule has 5 heteroatoms. The highest BCUT2D eigenvalue weighted by atomic mass is 16.5. The van der Waals surface area contributed by atoms with Crippen molar-refractivity contribution in [3.8, 4) is 11.5 Å². The number of carbonyl (C=O) groups excluding carboxylic acids is 2. The van der Waals surface area contributed by atoms with Gasteiger partial charge >= 0.3 is 0 Å². The molecule has 5 nitrogen and oxygen atoms in total. The van der Waals surface area contributed by atoms with Gasteiger partial charge in [0.05, 0.1) is 5.69 Å². The molecule has 1 heterocycles. The predicted molar refractivity (Wildman–Crippen MR) is 168 cm³/mol. The Hall–Kier alpha value is -3.99. The molecule has 0 saturated carbocycles. The molecule has 0 spiro atoms. The quantitative estimate of drug-likeness (QED) is 0.252. The lowest BCUT2D eigenvalue weighted by atomic mass is 9.78. The van der Waals surface area contributed by atoms with Crippen molar-refractivity contribution < 1.29 is 19.4 Å². The second-order valence-electron chi connectivity index (χ2n) is 14.6. The minimum atomic E-state index is -0.964. The van der Waals surface area contributed by atoms with E-state index in [0.29, 0.717) is 33.8 Å². The van der Waals surface area contributed by atoms with Gasteiger partial charge in [-0.1, -0.05) is 92.6 Å². The van der Waals surface area contributed by atoms with Gasteiger partial charge in [0, 0.05) is 16.5 Å². The number of carbonyl (C=O) groups is 2. The van der Waals surface area contributed by atoms with Crippen LogP contribution in [0.2, 0.25) is 0 Å². The third-order valence-electron chi connectivity index (χ3n) is 8.12. The van der Waals surface area contributed by atoms with Crippen molar-refractivity contribution in [1.29, 1.82) is 0 Å². The number of phenols is 1. The summed E-state index contributed by atoms with van der Waals surface area (Å²) in [7, 11) is 0. The van der Waals surface area contributed by atoms with E-state index in [1.165, 1.54) is 0 Å². The van der Waals surface area contributed by atoms with Gasteiger partial charge in [-0.3, -0.25) is 9.59 Å². The molecule has 0 bridgehead atoms. The van der Waals surface area contributed by atoms with Crippen LogP contribution in [0.3, 0.4) is 0 Å². The van der Waals surface area contributed by atoms with E-state index in [9.17, 15) is 14.7 Å². The standard InChI is InChI=1S/C37H41NO4/c1-35(2,3)23-14-15-24-25(19-23)33(40)30(32(24)39)28-16-13-22-11-10-12-29(31(22)38-28)42-20-21-17-26(36(4,5)6)34(41)27(18-21)37(7,8)9/h10-19,30,41H,20H2,1-9H3. The number of pyridine rings is 1. The third kappa shape index (κ3) is 5.33. The summed E-state index contributed by atoms with van der Waals surface area (Å²) in [6, 6.07) is 19.0. The molecule has 4 aromatic rings. The van der Waals surface area contributed by atoms with Crippen LogP contribution >= 0.6 is 0 Å². The van der Waals surface area contributed by atoms with E-state index in [1.807, 2.05) is 48.5 Å². The zero-order valence-electron chi connectivity index (χ0n) is 26.2. The Kier molecular flexibility index (Phi) is 7.08. The second kappa shape index (κ2) is 10.1. The smallest absolute Gasteiger partial charge is 0.180 e. The number of ketones is 2. The summed E-state index contributed by atoms with van der Waals surface area (Å²) in [5, 5.41) is 12.0. The lowest BCUT2D eigenvalue weighted by Crippen LogP contribution is -2.18. The summed E-state index contributed by atoms with van der Waals surface area (Å²) in [6.07, 6.45) is 0. The van der Waals surface area contributed by atoms with Gasteiger partial charge in [0.15, 0.2) is 11.6 Å². The number of benzene rings is 3. The number of para-hydroxylation sites is 1. The maximum absolute atomic E-state index is 13.6. The van der Waals surface area contributed by atoms with Crippen molar-refractivity contribution in [3.05, 3.63) is 99.7 Å². The van der Waals surface area contributed by atoms with Crippen molar-refractivity contribution in [2.45, 2.75) is 91.1 Å². The number of hydrogen-bond donors (Lipinski definition) is 1. The van der Waals surface area contributed by atoms with Crippen LogP contribution in [0.15, 0.2) is 60.7 Å². The molecule has 218 valence electrons. The number of ether oxygens (including phenoxy) is 1. The second-order valence-corrected chi connectivity index (χ2v) is 14.6. The predicted octanol–water partition coefficient (Wildman–Crippen LogP) is 8.57. The van der Waals surface area contributed by atoms with Crippen LogP contribution in [0, 0.1) is 0 Å². The first kappa shape index (κ1) is 29.5. The molecule has 0 aliphatic heterocycles. The largest absolute Gasteiger partial charge is 0.507 e. The van der Waals surface area contributed by atoms with Crippen LogP contribution in [0.4, 0.5) is 0 Å². The van der Waals surface area contributed by atoms with E-state index in [0.717, 1.165) is 27.6 Å². The van der Waals surface area contributed by atoms with E-state index in [1.54, 1.807) is 12.1 Å². The summed E-state index contributed by atoms with van der Waals surface area (Å²) < 4.78 is 6.35. The molecular weight excluding hydrogens is 522 g/mol. The topological polar surface area (TPSA) is 76.5 Å². The molecule has 1 unspecified atom stereocenters. The Morgan fingerprint density at radius 3 is 1.95 bits per heavy atom. The number of rotatable bonds is 4. The van der Waals surface area contributed by atoms with E-state index >= 15 is 0 Å². The number of hydrogen-bond acceptors (Lipinski definition) is 5. The van der Waals surface area contributed by atoms with Gasteiger partial charge in [-0.05, 0) is 68.8 Å². The summed E-state index contributed by atoms with van der Waals surface area (Å²) in [6.45, 7) is 19.1. The van der Waals surface area contributed by atoms with Crippen molar-refractivity contribution in [2.24, 2.45) is 0 Å². The summed E-state index contributed by atoms with van der Waals surface area (Å²) in [5.74, 6) is -0.484. The molecule has 1 aliphatic carbocycles. The fourth-order valence-corrected chi connectivity index (χ4v) is 5.62. The SMILES string of the molecule is CC(C)(C)c1ccc2c(c1)C(=O)C(c1ccc3cccc(OCc4cc(C(C)(C)C)c(O)c(C(C)(C)C)c4)c3n1)C2=O. The first-order valence-corrected chi connectivity index (χ1v) is 14.6. The van der Waals surface area contributed by atoms with Crippen molar-refractivity contribution in [1.82, 2.24) is 4.98 Å². The fourth-order valence-electron chi connectivity index (χ4n) is 5.62. The summed E-state index contributed by atoms with van der Waals surface area (Å²) in [5.41, 5.74) is 5.04. The molecule has 1 N–H and O–H groups in total. The minimum absolute atomic E-state index is 0.136. The van der Waals surface area contributed by atoms with E-state index in [4.69, 9.17) is 9.72 Å². The van der Waals surface area contributed by atoms with E-state index in [2.05, 4.69) is 62.3 Å².